The molecule has 1 aromatic rings. The standard InChI is InChI=1S/C12H15ClN2O2/c1-3-11(16)14-9-5-4-6-10(8(9)2)15-12(17)7-13/h4-6H,3,7H2,1-2H3,(H,14,16)(H,15,17). The van der Waals surface area contributed by atoms with Gasteiger partial charge in [0.05, 0.1) is 0 Å². The molecular formula is C12H15ClN2O2. The van der Waals surface area contributed by atoms with Crippen LogP contribution < -0.4 is 10.6 Å². The molecule has 0 aliphatic carbocycles. The van der Waals surface area contributed by atoms with E-state index in [1.807, 2.05) is 6.92 Å². The summed E-state index contributed by atoms with van der Waals surface area (Å²) in [5, 5.41) is 5.44. The molecule has 0 unspecified atom stereocenters. The molecule has 17 heavy (non-hydrogen) atoms. The zero-order valence-corrected chi connectivity index (χ0v) is 10.6. The highest BCUT2D eigenvalue weighted by atomic mass is 35.5. The van der Waals surface area contributed by atoms with Crippen LogP contribution in [-0.2, 0) is 9.59 Å². The molecule has 5 heteroatoms. The van der Waals surface area contributed by atoms with E-state index < -0.39 is 0 Å². The van der Waals surface area contributed by atoms with E-state index in [1.165, 1.54) is 0 Å². The van der Waals surface area contributed by atoms with Crippen molar-refractivity contribution in [1.82, 2.24) is 0 Å². The molecule has 1 aromatic carbocycles. The monoisotopic (exact) mass is 254 g/mol. The minimum Gasteiger partial charge on any atom is -0.326 e. The van der Waals surface area contributed by atoms with Crippen LogP contribution in [0.5, 0.6) is 0 Å². The molecule has 0 atom stereocenters. The second-order valence-corrected chi connectivity index (χ2v) is 3.83. The first-order valence-corrected chi connectivity index (χ1v) is 5.87. The number of hydrogen-bond acceptors (Lipinski definition) is 2. The van der Waals surface area contributed by atoms with E-state index in [0.717, 1.165) is 5.56 Å². The van der Waals surface area contributed by atoms with E-state index in [9.17, 15) is 9.59 Å². The predicted octanol–water partition coefficient (Wildman–Crippen LogP) is 2.52. The minimum absolute atomic E-state index is 0.0612. The molecule has 92 valence electrons. The van der Waals surface area contributed by atoms with Crippen LogP contribution in [0.4, 0.5) is 11.4 Å². The van der Waals surface area contributed by atoms with Crippen LogP contribution in [0.15, 0.2) is 18.2 Å². The highest BCUT2D eigenvalue weighted by Crippen LogP contribution is 2.23. The van der Waals surface area contributed by atoms with E-state index >= 15 is 0 Å². The van der Waals surface area contributed by atoms with Gasteiger partial charge in [0.1, 0.15) is 5.88 Å². The summed E-state index contributed by atoms with van der Waals surface area (Å²) in [5.41, 5.74) is 2.17. The van der Waals surface area contributed by atoms with Crippen molar-refractivity contribution in [1.29, 1.82) is 0 Å². The highest BCUT2D eigenvalue weighted by molar-refractivity contribution is 6.29. The molecule has 0 radical (unpaired) electrons. The van der Waals surface area contributed by atoms with Gasteiger partial charge in [-0.05, 0) is 24.6 Å². The molecule has 0 aromatic heterocycles. The van der Waals surface area contributed by atoms with Crippen LogP contribution in [0.2, 0.25) is 0 Å². The number of halogens is 1. The van der Waals surface area contributed by atoms with Gasteiger partial charge < -0.3 is 10.6 Å². The van der Waals surface area contributed by atoms with Gasteiger partial charge in [0.25, 0.3) is 0 Å². The number of alkyl halides is 1. The van der Waals surface area contributed by atoms with Gasteiger partial charge in [-0.25, -0.2) is 0 Å². The van der Waals surface area contributed by atoms with Gasteiger partial charge in [0.2, 0.25) is 11.8 Å². The lowest BCUT2D eigenvalue weighted by atomic mass is 10.1. The molecule has 1 rings (SSSR count). The van der Waals surface area contributed by atoms with Crippen molar-refractivity contribution in [3.05, 3.63) is 23.8 Å². The number of nitrogens with one attached hydrogen (secondary N) is 2. The Balaban J connectivity index is 2.91. The van der Waals surface area contributed by atoms with Crippen molar-refractivity contribution in [2.75, 3.05) is 16.5 Å². The third-order valence-electron chi connectivity index (χ3n) is 2.32. The maximum Gasteiger partial charge on any atom is 0.239 e. The Morgan fingerprint density at radius 3 is 2.18 bits per heavy atom. The number of anilines is 2. The molecule has 2 N–H and O–H groups in total. The summed E-state index contributed by atoms with van der Waals surface area (Å²) in [6.07, 6.45) is 0.414. The number of hydrogen-bond donors (Lipinski definition) is 2. The van der Waals surface area contributed by atoms with Crippen molar-refractivity contribution in [3.8, 4) is 0 Å². The van der Waals surface area contributed by atoms with Crippen molar-refractivity contribution in [2.24, 2.45) is 0 Å². The molecule has 0 aliphatic heterocycles. The average Bonchev–Trinajstić information content (AvgIpc) is 2.33. The zero-order chi connectivity index (χ0) is 12.8. The van der Waals surface area contributed by atoms with Gasteiger partial charge in [-0.1, -0.05) is 13.0 Å². The van der Waals surface area contributed by atoms with Gasteiger partial charge >= 0.3 is 0 Å². The SMILES string of the molecule is CCC(=O)Nc1cccc(NC(=O)CCl)c1C. The summed E-state index contributed by atoms with van der Waals surface area (Å²) in [6.45, 7) is 3.61. The predicted molar refractivity (Wildman–Crippen MR) is 69.4 cm³/mol. The lowest BCUT2D eigenvalue weighted by Gasteiger charge is -2.12. The highest BCUT2D eigenvalue weighted by Gasteiger charge is 2.08. The van der Waals surface area contributed by atoms with Gasteiger partial charge in [-0.15, -0.1) is 11.6 Å². The Kier molecular flexibility index (Phi) is 4.97. The van der Waals surface area contributed by atoms with Gasteiger partial charge in [0, 0.05) is 17.8 Å². The maximum absolute atomic E-state index is 11.3. The lowest BCUT2D eigenvalue weighted by Crippen LogP contribution is -2.15. The van der Waals surface area contributed by atoms with Crippen LogP contribution >= 0.6 is 11.6 Å². The average molecular weight is 255 g/mol. The summed E-state index contributed by atoms with van der Waals surface area (Å²) >= 11 is 5.42. The second kappa shape index (κ2) is 6.25. The van der Waals surface area contributed by atoms with Crippen LogP contribution in [0.1, 0.15) is 18.9 Å². The fourth-order valence-electron chi connectivity index (χ4n) is 1.33. The van der Waals surface area contributed by atoms with E-state index in [-0.39, 0.29) is 17.7 Å². The first kappa shape index (κ1) is 13.5. The molecule has 4 nitrogen and oxygen atoms in total. The van der Waals surface area contributed by atoms with Crippen LogP contribution in [-0.4, -0.2) is 17.7 Å². The largest absolute Gasteiger partial charge is 0.326 e. The molecule has 0 spiro atoms. The zero-order valence-electron chi connectivity index (χ0n) is 9.84. The fourth-order valence-corrected chi connectivity index (χ4v) is 1.40. The molecule has 0 aliphatic rings. The third-order valence-corrected chi connectivity index (χ3v) is 2.57. The van der Waals surface area contributed by atoms with Crippen molar-refractivity contribution in [3.63, 3.8) is 0 Å². The van der Waals surface area contributed by atoms with Crippen molar-refractivity contribution >= 4 is 34.8 Å². The summed E-state index contributed by atoms with van der Waals surface area (Å²) in [4.78, 5) is 22.5. The molecule has 0 fully saturated rings. The number of benzene rings is 1. The van der Waals surface area contributed by atoms with E-state index in [0.29, 0.717) is 17.8 Å². The lowest BCUT2D eigenvalue weighted by molar-refractivity contribution is -0.116. The normalized spacial score (nSPS) is 9.82. The molecule has 0 heterocycles. The Labute approximate surface area is 105 Å². The van der Waals surface area contributed by atoms with E-state index in [1.54, 1.807) is 25.1 Å². The minimum atomic E-state index is -0.270. The summed E-state index contributed by atoms with van der Waals surface area (Å²) in [6, 6.07) is 5.32. The molecular weight excluding hydrogens is 240 g/mol. The summed E-state index contributed by atoms with van der Waals surface area (Å²) in [7, 11) is 0. The Hall–Kier alpha value is -1.55. The number of carbonyl (C=O) groups is 2. The van der Waals surface area contributed by atoms with Crippen LogP contribution in [0, 0.1) is 6.92 Å². The van der Waals surface area contributed by atoms with Gasteiger partial charge in [-0.3, -0.25) is 9.59 Å². The van der Waals surface area contributed by atoms with Gasteiger partial charge in [0.15, 0.2) is 0 Å². The maximum atomic E-state index is 11.3. The fraction of sp³-hybridized carbons (Fsp3) is 0.333. The topological polar surface area (TPSA) is 58.2 Å². The van der Waals surface area contributed by atoms with Crippen molar-refractivity contribution in [2.45, 2.75) is 20.3 Å². The molecule has 0 saturated carbocycles. The second-order valence-electron chi connectivity index (χ2n) is 3.56. The van der Waals surface area contributed by atoms with Crippen LogP contribution in [0.3, 0.4) is 0 Å². The van der Waals surface area contributed by atoms with Crippen LogP contribution in [0.25, 0.3) is 0 Å². The molecule has 0 saturated heterocycles. The first-order valence-electron chi connectivity index (χ1n) is 5.33. The number of carbonyl (C=O) groups excluding carboxylic acids is 2. The Bertz CT molecular complexity index is 396. The Morgan fingerprint density at radius 2 is 1.71 bits per heavy atom. The number of amides is 2. The van der Waals surface area contributed by atoms with Gasteiger partial charge in [-0.2, -0.15) is 0 Å². The summed E-state index contributed by atoms with van der Waals surface area (Å²) < 4.78 is 0. The van der Waals surface area contributed by atoms with Crippen molar-refractivity contribution < 1.29 is 9.59 Å². The van der Waals surface area contributed by atoms with E-state index in [2.05, 4.69) is 10.6 Å². The first-order chi connectivity index (χ1) is 8.08. The van der Waals surface area contributed by atoms with E-state index in [4.69, 9.17) is 11.6 Å². The molecule has 0 bridgehead atoms. The molecule has 2 amide bonds. The Morgan fingerprint density at radius 1 is 1.18 bits per heavy atom. The smallest absolute Gasteiger partial charge is 0.239 e. The third kappa shape index (κ3) is 3.75. The quantitative estimate of drug-likeness (QED) is 0.811. The summed E-state index contributed by atoms with van der Waals surface area (Å²) in [5.74, 6) is -0.423. The number of rotatable bonds is 4.